The molecule has 2 amide bonds. The van der Waals surface area contributed by atoms with Gasteiger partial charge in [-0.15, -0.1) is 6.42 Å². The van der Waals surface area contributed by atoms with E-state index in [-0.39, 0.29) is 29.8 Å². The Morgan fingerprint density at radius 2 is 2.35 bits per heavy atom. The summed E-state index contributed by atoms with van der Waals surface area (Å²) in [5.74, 6) is 1.64. The lowest BCUT2D eigenvalue weighted by Gasteiger charge is -2.20. The molecule has 0 bridgehead atoms. The highest BCUT2D eigenvalue weighted by atomic mass is 19.1. The van der Waals surface area contributed by atoms with Crippen molar-refractivity contribution in [2.24, 2.45) is 5.73 Å². The number of carbonyl (C=O) groups is 2. The molecule has 2 heterocycles. The Morgan fingerprint density at radius 1 is 1.65 bits per heavy atom. The Kier molecular flexibility index (Phi) is 4.69. The zero-order valence-corrected chi connectivity index (χ0v) is 12.8. The second kappa shape index (κ2) is 6.52. The molecule has 23 heavy (non-hydrogen) atoms. The van der Waals surface area contributed by atoms with E-state index < -0.39 is 18.6 Å². The summed E-state index contributed by atoms with van der Waals surface area (Å²) in [6, 6.07) is -0.881. The SMILES string of the molecule is C#Cc1nn([C@H]2C[C@H](CF)N(C(=O)C=C)C2)c(NC)c1C(N)=O. The highest BCUT2D eigenvalue weighted by Crippen LogP contribution is 2.32. The summed E-state index contributed by atoms with van der Waals surface area (Å²) >= 11 is 0. The van der Waals surface area contributed by atoms with Crippen LogP contribution < -0.4 is 11.1 Å². The van der Waals surface area contributed by atoms with Crippen LogP contribution in [0, 0.1) is 12.3 Å². The number of hydrogen-bond acceptors (Lipinski definition) is 4. The summed E-state index contributed by atoms with van der Waals surface area (Å²) in [5, 5.41) is 7.08. The zero-order valence-electron chi connectivity index (χ0n) is 12.8. The predicted octanol–water partition coefficient (Wildman–Crippen LogP) is 0.302. The number of amides is 2. The maximum Gasteiger partial charge on any atom is 0.255 e. The van der Waals surface area contributed by atoms with E-state index in [0.29, 0.717) is 12.2 Å². The first-order chi connectivity index (χ1) is 11.0. The van der Waals surface area contributed by atoms with Gasteiger partial charge in [0.2, 0.25) is 5.91 Å². The first kappa shape index (κ1) is 16.5. The fraction of sp³-hybridized carbons (Fsp3) is 0.400. The number of nitrogens with one attached hydrogen (secondary N) is 1. The number of nitrogens with zero attached hydrogens (tertiary/aromatic N) is 3. The second-order valence-electron chi connectivity index (χ2n) is 5.17. The Labute approximate surface area is 133 Å². The molecule has 1 saturated heterocycles. The van der Waals surface area contributed by atoms with Gasteiger partial charge in [-0.05, 0) is 18.4 Å². The first-order valence-corrected chi connectivity index (χ1v) is 7.04. The van der Waals surface area contributed by atoms with E-state index >= 15 is 0 Å². The maximum absolute atomic E-state index is 13.2. The largest absolute Gasteiger partial charge is 0.373 e. The van der Waals surface area contributed by atoms with E-state index in [1.54, 1.807) is 7.05 Å². The fourth-order valence-corrected chi connectivity index (χ4v) is 2.88. The molecule has 1 aromatic rings. The maximum atomic E-state index is 13.2. The number of nitrogens with two attached hydrogens (primary N) is 1. The number of carbonyl (C=O) groups excluding carboxylic acids is 2. The zero-order chi connectivity index (χ0) is 17.1. The van der Waals surface area contributed by atoms with E-state index in [4.69, 9.17) is 12.2 Å². The summed E-state index contributed by atoms with van der Waals surface area (Å²) < 4.78 is 14.7. The van der Waals surface area contributed by atoms with Crippen LogP contribution in [0.2, 0.25) is 0 Å². The van der Waals surface area contributed by atoms with Crippen LogP contribution in [0.25, 0.3) is 0 Å². The lowest BCUT2D eigenvalue weighted by molar-refractivity contribution is -0.127. The van der Waals surface area contributed by atoms with Gasteiger partial charge in [-0.2, -0.15) is 5.10 Å². The van der Waals surface area contributed by atoms with Crippen LogP contribution in [0.15, 0.2) is 12.7 Å². The van der Waals surface area contributed by atoms with Crippen molar-refractivity contribution in [3.05, 3.63) is 23.9 Å². The van der Waals surface area contributed by atoms with Crippen LogP contribution in [0.4, 0.5) is 10.2 Å². The number of rotatable bonds is 5. The number of hydrogen-bond donors (Lipinski definition) is 2. The second-order valence-corrected chi connectivity index (χ2v) is 5.17. The highest BCUT2D eigenvalue weighted by Gasteiger charge is 2.37. The van der Waals surface area contributed by atoms with Crippen molar-refractivity contribution >= 4 is 17.6 Å². The molecule has 2 rings (SSSR count). The van der Waals surface area contributed by atoms with Crippen LogP contribution in [-0.2, 0) is 4.79 Å². The Morgan fingerprint density at radius 3 is 2.83 bits per heavy atom. The molecule has 0 aromatic carbocycles. The van der Waals surface area contributed by atoms with Crippen molar-refractivity contribution in [3.63, 3.8) is 0 Å². The molecule has 8 heteroatoms. The molecule has 1 aliphatic rings. The smallest absolute Gasteiger partial charge is 0.255 e. The van der Waals surface area contributed by atoms with E-state index in [2.05, 4.69) is 22.9 Å². The molecular formula is C15H18FN5O2. The van der Waals surface area contributed by atoms with E-state index in [1.165, 1.54) is 9.58 Å². The summed E-state index contributed by atoms with van der Waals surface area (Å²) in [5.41, 5.74) is 5.59. The minimum Gasteiger partial charge on any atom is -0.373 e. The van der Waals surface area contributed by atoms with Gasteiger partial charge in [-0.1, -0.05) is 6.58 Å². The third-order valence-corrected chi connectivity index (χ3v) is 3.90. The van der Waals surface area contributed by atoms with E-state index in [1.807, 2.05) is 0 Å². The van der Waals surface area contributed by atoms with Crippen LogP contribution in [-0.4, -0.2) is 52.8 Å². The van der Waals surface area contributed by atoms with Gasteiger partial charge in [0, 0.05) is 13.6 Å². The molecule has 2 atom stereocenters. The van der Waals surface area contributed by atoms with Gasteiger partial charge in [0.1, 0.15) is 23.7 Å². The fourth-order valence-electron chi connectivity index (χ4n) is 2.88. The molecule has 122 valence electrons. The number of primary amides is 1. The Balaban J connectivity index is 2.43. The molecule has 0 saturated carbocycles. The third kappa shape index (κ3) is 2.77. The number of halogens is 1. The summed E-state index contributed by atoms with van der Waals surface area (Å²) in [4.78, 5) is 24.9. The lowest BCUT2D eigenvalue weighted by atomic mass is 10.2. The van der Waals surface area contributed by atoms with Gasteiger partial charge < -0.3 is 16.0 Å². The van der Waals surface area contributed by atoms with Crippen LogP contribution in [0.1, 0.15) is 28.5 Å². The summed E-state index contributed by atoms with van der Waals surface area (Å²) in [7, 11) is 1.61. The van der Waals surface area contributed by atoms with Crippen molar-refractivity contribution in [1.82, 2.24) is 14.7 Å². The predicted molar refractivity (Wildman–Crippen MR) is 83.6 cm³/mol. The first-order valence-electron chi connectivity index (χ1n) is 7.04. The lowest BCUT2D eigenvalue weighted by Crippen LogP contribution is -2.35. The molecular weight excluding hydrogens is 301 g/mol. The molecule has 0 aliphatic carbocycles. The average Bonchev–Trinajstić information content (AvgIpc) is 3.14. The standard InChI is InChI=1S/C15H18FN5O2/c1-4-11-13(14(17)23)15(18-3)21(19-11)10-6-9(7-16)20(8-10)12(22)5-2/h1,5,9-10,18H,2,6-8H2,3H3,(H2,17,23)/t9-,10+/m1/s1. The minimum absolute atomic E-state index is 0.111. The van der Waals surface area contributed by atoms with Gasteiger partial charge >= 0.3 is 0 Å². The summed E-state index contributed by atoms with van der Waals surface area (Å²) in [6.45, 7) is 3.00. The number of aromatic nitrogens is 2. The number of anilines is 1. The van der Waals surface area contributed by atoms with E-state index in [9.17, 15) is 14.0 Å². The number of alkyl halides is 1. The van der Waals surface area contributed by atoms with Crippen molar-refractivity contribution < 1.29 is 14.0 Å². The molecule has 3 N–H and O–H groups in total. The molecule has 1 fully saturated rings. The monoisotopic (exact) mass is 319 g/mol. The van der Waals surface area contributed by atoms with Crippen molar-refractivity contribution in [2.75, 3.05) is 25.6 Å². The van der Waals surface area contributed by atoms with Crippen molar-refractivity contribution in [2.45, 2.75) is 18.5 Å². The van der Waals surface area contributed by atoms with Crippen LogP contribution in [0.3, 0.4) is 0 Å². The van der Waals surface area contributed by atoms with E-state index in [0.717, 1.165) is 6.08 Å². The molecule has 1 aromatic heterocycles. The molecule has 7 nitrogen and oxygen atoms in total. The molecule has 0 radical (unpaired) electrons. The highest BCUT2D eigenvalue weighted by molar-refractivity contribution is 6.00. The number of likely N-dealkylation sites (tertiary alicyclic amines) is 1. The van der Waals surface area contributed by atoms with Crippen molar-refractivity contribution in [3.8, 4) is 12.3 Å². The van der Waals surface area contributed by atoms with Crippen molar-refractivity contribution in [1.29, 1.82) is 0 Å². The molecule has 0 spiro atoms. The normalized spacial score (nSPS) is 20.1. The van der Waals surface area contributed by atoms with Gasteiger partial charge in [0.05, 0.1) is 12.1 Å². The molecule has 1 aliphatic heterocycles. The molecule has 0 unspecified atom stereocenters. The van der Waals surface area contributed by atoms with Gasteiger partial charge in [-0.3, -0.25) is 9.59 Å². The average molecular weight is 319 g/mol. The topological polar surface area (TPSA) is 93.2 Å². The summed E-state index contributed by atoms with van der Waals surface area (Å²) in [6.07, 6.45) is 6.88. The van der Waals surface area contributed by atoms with Gasteiger partial charge in [0.25, 0.3) is 5.91 Å². The van der Waals surface area contributed by atoms with Gasteiger partial charge in [-0.25, -0.2) is 9.07 Å². The Hall–Kier alpha value is -2.82. The quantitative estimate of drug-likeness (QED) is 0.603. The third-order valence-electron chi connectivity index (χ3n) is 3.90. The number of terminal acetylenes is 1. The van der Waals surface area contributed by atoms with Crippen LogP contribution >= 0.6 is 0 Å². The minimum atomic E-state index is -0.701. The van der Waals surface area contributed by atoms with Gasteiger partial charge in [0.15, 0.2) is 0 Å². The van der Waals surface area contributed by atoms with Crippen LogP contribution in [0.5, 0.6) is 0 Å². The Bertz CT molecular complexity index is 691.